The van der Waals surface area contributed by atoms with Gasteiger partial charge in [-0.1, -0.05) is 52.0 Å². The van der Waals surface area contributed by atoms with Gasteiger partial charge in [-0.05, 0) is 62.2 Å². The van der Waals surface area contributed by atoms with Gasteiger partial charge in [0.15, 0.2) is 0 Å². The Kier molecular flexibility index (Phi) is 8.20. The van der Waals surface area contributed by atoms with Crippen molar-refractivity contribution in [2.75, 3.05) is 27.4 Å². The SMILES string of the molecule is C=C(C)[C@@H]1CCC(C)(C)[C@H](OC)[C@H]1COC[C@@H]1[C@@H](OC)C(C)(C)CC[C@H]1C(=C)C. The fraction of sp³-hybridized carbons (Fsp3) is 0.846. The largest absolute Gasteiger partial charge is 0.381 e. The van der Waals surface area contributed by atoms with Crippen LogP contribution < -0.4 is 0 Å². The van der Waals surface area contributed by atoms with Gasteiger partial charge in [0.25, 0.3) is 0 Å². The van der Waals surface area contributed by atoms with Crippen molar-refractivity contribution in [3.63, 3.8) is 0 Å². The van der Waals surface area contributed by atoms with E-state index in [2.05, 4.69) is 54.7 Å². The molecule has 2 fully saturated rings. The van der Waals surface area contributed by atoms with Crippen molar-refractivity contribution < 1.29 is 14.2 Å². The Bertz CT molecular complexity index is 527. The third-order valence-electron chi connectivity index (χ3n) is 7.95. The standard InChI is InChI=1S/C26H46O3/c1-17(2)19-11-13-25(5,6)23(27-9)21(19)15-29-16-22-20(18(3)4)12-14-26(7,8)24(22)28-10/h19-24H,1,3,11-16H2,2,4-10H3/t19-,20-,21-,22-,23+,24+/m0/s1. The first kappa shape index (κ1) is 24.6. The highest BCUT2D eigenvalue weighted by Gasteiger charge is 2.46. The summed E-state index contributed by atoms with van der Waals surface area (Å²) in [4.78, 5) is 0. The van der Waals surface area contributed by atoms with Crippen molar-refractivity contribution in [1.29, 1.82) is 0 Å². The minimum Gasteiger partial charge on any atom is -0.381 e. The van der Waals surface area contributed by atoms with Crippen LogP contribution in [0.2, 0.25) is 0 Å². The summed E-state index contributed by atoms with van der Waals surface area (Å²) in [6.07, 6.45) is 5.05. The topological polar surface area (TPSA) is 27.7 Å². The Balaban J connectivity index is 2.14. The number of hydrogen-bond acceptors (Lipinski definition) is 3. The average Bonchev–Trinajstić information content (AvgIpc) is 2.60. The fourth-order valence-electron chi connectivity index (χ4n) is 6.31. The lowest BCUT2D eigenvalue weighted by Crippen LogP contribution is -2.49. The van der Waals surface area contributed by atoms with Crippen LogP contribution in [0, 0.1) is 34.5 Å². The highest BCUT2D eigenvalue weighted by atomic mass is 16.5. The Hall–Kier alpha value is -0.640. The maximum atomic E-state index is 6.48. The van der Waals surface area contributed by atoms with Gasteiger partial charge in [0.05, 0.1) is 25.4 Å². The molecule has 2 aliphatic carbocycles. The molecule has 0 unspecified atom stereocenters. The van der Waals surface area contributed by atoms with Gasteiger partial charge in [0.2, 0.25) is 0 Å². The van der Waals surface area contributed by atoms with Crippen LogP contribution in [0.15, 0.2) is 24.3 Å². The molecule has 2 saturated carbocycles. The average molecular weight is 407 g/mol. The monoisotopic (exact) mass is 406 g/mol. The number of hydrogen-bond donors (Lipinski definition) is 0. The molecule has 0 aromatic heterocycles. The zero-order valence-corrected chi connectivity index (χ0v) is 20.3. The molecular formula is C26H46O3. The van der Waals surface area contributed by atoms with Crippen LogP contribution in [0.1, 0.15) is 67.2 Å². The van der Waals surface area contributed by atoms with E-state index in [4.69, 9.17) is 14.2 Å². The van der Waals surface area contributed by atoms with Gasteiger partial charge in [-0.25, -0.2) is 0 Å². The number of methoxy groups -OCH3 is 2. The van der Waals surface area contributed by atoms with Gasteiger partial charge in [-0.2, -0.15) is 0 Å². The van der Waals surface area contributed by atoms with Crippen LogP contribution >= 0.6 is 0 Å². The summed E-state index contributed by atoms with van der Waals surface area (Å²) in [5.41, 5.74) is 2.84. The molecule has 0 spiro atoms. The van der Waals surface area contributed by atoms with Crippen molar-refractivity contribution in [2.45, 2.75) is 79.4 Å². The zero-order valence-electron chi connectivity index (χ0n) is 20.3. The summed E-state index contributed by atoms with van der Waals surface area (Å²) in [7, 11) is 3.70. The van der Waals surface area contributed by atoms with E-state index in [0.29, 0.717) is 23.7 Å². The molecule has 3 heteroatoms. The summed E-state index contributed by atoms with van der Waals surface area (Å²) >= 11 is 0. The lowest BCUT2D eigenvalue weighted by atomic mass is 9.63. The Labute approximate surface area is 180 Å². The van der Waals surface area contributed by atoms with E-state index in [9.17, 15) is 0 Å². The third-order valence-corrected chi connectivity index (χ3v) is 7.95. The van der Waals surface area contributed by atoms with Gasteiger partial charge in [0.1, 0.15) is 0 Å². The van der Waals surface area contributed by atoms with E-state index >= 15 is 0 Å². The molecule has 168 valence electrons. The summed E-state index contributed by atoms with van der Waals surface area (Å²) in [5.74, 6) is 1.63. The number of rotatable bonds is 8. The van der Waals surface area contributed by atoms with E-state index < -0.39 is 0 Å². The molecule has 0 amide bonds. The second kappa shape index (κ2) is 9.66. The third kappa shape index (κ3) is 5.35. The normalized spacial score (nSPS) is 36.6. The number of ether oxygens (including phenoxy) is 3. The highest BCUT2D eigenvalue weighted by Crippen LogP contribution is 2.48. The van der Waals surface area contributed by atoms with Crippen LogP contribution in [-0.2, 0) is 14.2 Å². The molecule has 0 radical (unpaired) electrons. The van der Waals surface area contributed by atoms with Crippen molar-refractivity contribution in [3.8, 4) is 0 Å². The molecule has 3 nitrogen and oxygen atoms in total. The molecule has 0 aromatic carbocycles. The maximum Gasteiger partial charge on any atom is 0.0678 e. The highest BCUT2D eigenvalue weighted by molar-refractivity contribution is 5.08. The Morgan fingerprint density at radius 2 is 1.10 bits per heavy atom. The lowest BCUT2D eigenvalue weighted by molar-refractivity contribution is -0.128. The summed E-state index contributed by atoms with van der Waals surface area (Å²) in [6, 6.07) is 0. The van der Waals surface area contributed by atoms with Crippen molar-refractivity contribution in [3.05, 3.63) is 24.3 Å². The van der Waals surface area contributed by atoms with E-state index in [1.807, 2.05) is 14.2 Å². The smallest absolute Gasteiger partial charge is 0.0678 e. The molecule has 6 atom stereocenters. The lowest BCUT2D eigenvalue weighted by Gasteiger charge is -2.49. The molecule has 0 aliphatic heterocycles. The first-order valence-corrected chi connectivity index (χ1v) is 11.4. The molecule has 0 N–H and O–H groups in total. The van der Waals surface area contributed by atoms with Crippen molar-refractivity contribution in [1.82, 2.24) is 0 Å². The Morgan fingerprint density at radius 1 is 0.759 bits per heavy atom. The maximum absolute atomic E-state index is 6.48. The van der Waals surface area contributed by atoms with Crippen LogP contribution in [0.4, 0.5) is 0 Å². The molecule has 0 bridgehead atoms. The summed E-state index contributed by atoms with van der Waals surface area (Å²) < 4.78 is 18.5. The molecule has 29 heavy (non-hydrogen) atoms. The Morgan fingerprint density at radius 3 is 1.38 bits per heavy atom. The van der Waals surface area contributed by atoms with E-state index in [1.165, 1.54) is 36.8 Å². The molecule has 2 aliphatic rings. The van der Waals surface area contributed by atoms with Crippen LogP contribution in [0.5, 0.6) is 0 Å². The van der Waals surface area contributed by atoms with Gasteiger partial charge in [0, 0.05) is 26.1 Å². The van der Waals surface area contributed by atoms with Crippen LogP contribution in [0.25, 0.3) is 0 Å². The predicted octanol–water partition coefficient (Wildman–Crippen LogP) is 6.29. The van der Waals surface area contributed by atoms with Gasteiger partial charge in [-0.15, -0.1) is 0 Å². The van der Waals surface area contributed by atoms with E-state index in [-0.39, 0.29) is 23.0 Å². The summed E-state index contributed by atoms with van der Waals surface area (Å²) in [6.45, 7) is 23.6. The minimum absolute atomic E-state index is 0.164. The minimum atomic E-state index is 0.164. The van der Waals surface area contributed by atoms with Gasteiger partial charge in [-0.3, -0.25) is 0 Å². The van der Waals surface area contributed by atoms with Crippen LogP contribution in [-0.4, -0.2) is 39.6 Å². The van der Waals surface area contributed by atoms with E-state index in [0.717, 1.165) is 13.2 Å². The molecule has 0 aromatic rings. The van der Waals surface area contributed by atoms with Gasteiger partial charge < -0.3 is 14.2 Å². The summed E-state index contributed by atoms with van der Waals surface area (Å²) in [5, 5.41) is 0. The molecular weight excluding hydrogens is 360 g/mol. The van der Waals surface area contributed by atoms with Crippen molar-refractivity contribution >= 4 is 0 Å². The second-order valence-corrected chi connectivity index (χ2v) is 11.1. The quantitative estimate of drug-likeness (QED) is 0.443. The van der Waals surface area contributed by atoms with Crippen molar-refractivity contribution in [2.24, 2.45) is 34.5 Å². The molecule has 0 saturated heterocycles. The first-order valence-electron chi connectivity index (χ1n) is 11.4. The fourth-order valence-corrected chi connectivity index (χ4v) is 6.31. The number of allylic oxidation sites excluding steroid dienone is 2. The molecule has 0 heterocycles. The van der Waals surface area contributed by atoms with Crippen LogP contribution in [0.3, 0.4) is 0 Å². The van der Waals surface area contributed by atoms with E-state index in [1.54, 1.807) is 0 Å². The second-order valence-electron chi connectivity index (χ2n) is 11.1. The zero-order chi connectivity index (χ0) is 22.0. The predicted molar refractivity (Wildman–Crippen MR) is 122 cm³/mol. The molecule has 2 rings (SSSR count). The van der Waals surface area contributed by atoms with Gasteiger partial charge >= 0.3 is 0 Å². The first-order chi connectivity index (χ1) is 13.5.